The number of rotatable bonds is 4. The molecule has 0 unspecified atom stereocenters. The Kier molecular flexibility index (Phi) is 2.95. The molecule has 86 valence electrons. The Balaban J connectivity index is 1.38. The number of nitrogens with one attached hydrogen (secondary N) is 1. The molecule has 3 rings (SSSR count). The molecule has 0 radical (unpaired) electrons. The van der Waals surface area contributed by atoms with Gasteiger partial charge in [0.05, 0.1) is 18.8 Å². The lowest BCUT2D eigenvalue weighted by Gasteiger charge is -2.32. The third kappa shape index (κ3) is 2.52. The molecule has 15 heavy (non-hydrogen) atoms. The lowest BCUT2D eigenvalue weighted by molar-refractivity contribution is -0.0892. The third-order valence-corrected chi connectivity index (χ3v) is 3.81. The Labute approximate surface area is 91.5 Å². The molecular weight excluding hydrogens is 190 g/mol. The van der Waals surface area contributed by atoms with Crippen LogP contribution in [-0.2, 0) is 9.47 Å². The molecule has 1 aliphatic carbocycles. The zero-order valence-electron chi connectivity index (χ0n) is 9.28. The molecule has 3 heteroatoms. The highest BCUT2D eigenvalue weighted by atomic mass is 16.5. The van der Waals surface area contributed by atoms with Gasteiger partial charge in [0.1, 0.15) is 0 Å². The Hall–Kier alpha value is -0.120. The van der Waals surface area contributed by atoms with Crippen molar-refractivity contribution in [3.05, 3.63) is 0 Å². The van der Waals surface area contributed by atoms with E-state index in [9.17, 15) is 0 Å². The summed E-state index contributed by atoms with van der Waals surface area (Å²) in [5, 5.41) is 3.50. The van der Waals surface area contributed by atoms with E-state index in [1.54, 1.807) is 0 Å². The molecular formula is C12H21NO2. The van der Waals surface area contributed by atoms with Gasteiger partial charge < -0.3 is 14.8 Å². The van der Waals surface area contributed by atoms with Crippen LogP contribution in [0, 0.1) is 5.92 Å². The molecule has 3 fully saturated rings. The van der Waals surface area contributed by atoms with Crippen LogP contribution in [0.5, 0.6) is 0 Å². The van der Waals surface area contributed by atoms with E-state index in [-0.39, 0.29) is 0 Å². The second-order valence-electron chi connectivity index (χ2n) is 5.20. The minimum Gasteiger partial charge on any atom is -0.378 e. The van der Waals surface area contributed by atoms with E-state index in [0.29, 0.717) is 18.2 Å². The average Bonchev–Trinajstić information content (AvgIpc) is 2.95. The van der Waals surface area contributed by atoms with Crippen LogP contribution in [0.4, 0.5) is 0 Å². The maximum atomic E-state index is 6.03. The van der Waals surface area contributed by atoms with E-state index in [4.69, 9.17) is 9.47 Å². The van der Waals surface area contributed by atoms with Crippen molar-refractivity contribution in [1.29, 1.82) is 0 Å². The summed E-state index contributed by atoms with van der Waals surface area (Å²) in [4.78, 5) is 0. The van der Waals surface area contributed by atoms with Crippen molar-refractivity contribution in [3.63, 3.8) is 0 Å². The predicted octanol–water partition coefficient (Wildman–Crippen LogP) is 1.32. The Morgan fingerprint density at radius 1 is 1.07 bits per heavy atom. The lowest BCUT2D eigenvalue weighted by Crippen LogP contribution is -2.41. The maximum absolute atomic E-state index is 6.03. The lowest BCUT2D eigenvalue weighted by atomic mass is 10.0. The summed E-state index contributed by atoms with van der Waals surface area (Å²) < 4.78 is 11.7. The van der Waals surface area contributed by atoms with Crippen LogP contribution in [-0.4, -0.2) is 38.0 Å². The number of ether oxygens (including phenoxy) is 2. The van der Waals surface area contributed by atoms with Gasteiger partial charge in [-0.1, -0.05) is 0 Å². The summed E-state index contributed by atoms with van der Waals surface area (Å²) in [5.41, 5.74) is 0. The topological polar surface area (TPSA) is 30.5 Å². The normalized spacial score (nSPS) is 40.4. The summed E-state index contributed by atoms with van der Waals surface area (Å²) >= 11 is 0. The number of fused-ring (bicyclic) bond motifs is 1. The monoisotopic (exact) mass is 211 g/mol. The van der Waals surface area contributed by atoms with Gasteiger partial charge in [-0.15, -0.1) is 0 Å². The predicted molar refractivity (Wildman–Crippen MR) is 57.8 cm³/mol. The summed E-state index contributed by atoms with van der Waals surface area (Å²) in [6.07, 6.45) is 7.20. The zero-order valence-corrected chi connectivity index (χ0v) is 9.28. The van der Waals surface area contributed by atoms with Crippen LogP contribution in [0.1, 0.15) is 32.1 Å². The minimum absolute atomic E-state index is 0.366. The molecule has 3 aliphatic rings. The van der Waals surface area contributed by atoms with Gasteiger partial charge in [-0.2, -0.15) is 0 Å². The van der Waals surface area contributed by atoms with E-state index in [0.717, 1.165) is 25.7 Å². The van der Waals surface area contributed by atoms with Crippen LogP contribution in [0.3, 0.4) is 0 Å². The summed E-state index contributed by atoms with van der Waals surface area (Å²) in [6.45, 7) is 2.91. The maximum Gasteiger partial charge on any atom is 0.0813 e. The zero-order chi connectivity index (χ0) is 10.1. The second kappa shape index (κ2) is 4.40. The summed E-state index contributed by atoms with van der Waals surface area (Å²) in [7, 11) is 0. The molecule has 3 atom stereocenters. The van der Waals surface area contributed by atoms with Gasteiger partial charge in [0, 0.05) is 12.6 Å². The van der Waals surface area contributed by atoms with E-state index in [2.05, 4.69) is 5.32 Å². The van der Waals surface area contributed by atoms with Crippen molar-refractivity contribution in [2.75, 3.05) is 19.8 Å². The van der Waals surface area contributed by atoms with Crippen molar-refractivity contribution >= 4 is 0 Å². The SMILES string of the molecule is C1C[C@H]2O[C@@H](COCC3CC3)CC[C@H]2N1. The van der Waals surface area contributed by atoms with Gasteiger partial charge in [0.2, 0.25) is 0 Å². The molecule has 0 spiro atoms. The first-order valence-corrected chi connectivity index (χ1v) is 6.38. The van der Waals surface area contributed by atoms with Crippen LogP contribution in [0.15, 0.2) is 0 Å². The summed E-state index contributed by atoms with van der Waals surface area (Å²) in [5.74, 6) is 0.870. The molecule has 0 aromatic heterocycles. The standard InChI is InChI=1S/C12H21NO2/c1-2-9(1)7-14-8-10-3-4-11-12(15-10)5-6-13-11/h9-13H,1-8H2/t10-,11-,12-/m1/s1. The third-order valence-electron chi connectivity index (χ3n) is 3.81. The van der Waals surface area contributed by atoms with E-state index in [1.807, 2.05) is 0 Å². The molecule has 1 saturated carbocycles. The average molecular weight is 211 g/mol. The van der Waals surface area contributed by atoms with Gasteiger partial charge in [0.25, 0.3) is 0 Å². The van der Waals surface area contributed by atoms with Crippen LogP contribution < -0.4 is 5.32 Å². The van der Waals surface area contributed by atoms with E-state index >= 15 is 0 Å². The second-order valence-corrected chi connectivity index (χ2v) is 5.20. The molecule has 2 saturated heterocycles. The van der Waals surface area contributed by atoms with E-state index < -0.39 is 0 Å². The van der Waals surface area contributed by atoms with E-state index in [1.165, 1.54) is 32.1 Å². The van der Waals surface area contributed by atoms with Crippen LogP contribution in [0.2, 0.25) is 0 Å². The quantitative estimate of drug-likeness (QED) is 0.761. The van der Waals surface area contributed by atoms with Crippen molar-refractivity contribution < 1.29 is 9.47 Å². The largest absolute Gasteiger partial charge is 0.378 e. The molecule has 3 nitrogen and oxygen atoms in total. The first kappa shape index (κ1) is 10.1. The van der Waals surface area contributed by atoms with Gasteiger partial charge in [-0.25, -0.2) is 0 Å². The molecule has 0 amide bonds. The fraction of sp³-hybridized carbons (Fsp3) is 1.00. The highest BCUT2D eigenvalue weighted by molar-refractivity contribution is 4.89. The molecule has 0 aromatic rings. The highest BCUT2D eigenvalue weighted by Crippen LogP contribution is 2.29. The van der Waals surface area contributed by atoms with Crippen LogP contribution >= 0.6 is 0 Å². The minimum atomic E-state index is 0.366. The van der Waals surface area contributed by atoms with Gasteiger partial charge in [-0.05, 0) is 44.6 Å². The first-order valence-electron chi connectivity index (χ1n) is 6.38. The van der Waals surface area contributed by atoms with Crippen LogP contribution in [0.25, 0.3) is 0 Å². The Morgan fingerprint density at radius 3 is 2.87 bits per heavy atom. The molecule has 2 heterocycles. The molecule has 0 aromatic carbocycles. The van der Waals surface area contributed by atoms with Crippen molar-refractivity contribution in [2.45, 2.75) is 50.4 Å². The Morgan fingerprint density at radius 2 is 2.00 bits per heavy atom. The first-order chi connectivity index (χ1) is 7.42. The van der Waals surface area contributed by atoms with Crippen molar-refractivity contribution in [2.24, 2.45) is 5.92 Å². The molecule has 0 bridgehead atoms. The van der Waals surface area contributed by atoms with Crippen molar-refractivity contribution in [3.8, 4) is 0 Å². The fourth-order valence-corrected chi connectivity index (χ4v) is 2.65. The Bertz CT molecular complexity index is 218. The fourth-order valence-electron chi connectivity index (χ4n) is 2.65. The number of hydrogen-bond acceptors (Lipinski definition) is 3. The van der Waals surface area contributed by atoms with Gasteiger partial charge >= 0.3 is 0 Å². The van der Waals surface area contributed by atoms with Crippen molar-refractivity contribution in [1.82, 2.24) is 5.32 Å². The molecule has 2 aliphatic heterocycles. The van der Waals surface area contributed by atoms with Gasteiger partial charge in [-0.3, -0.25) is 0 Å². The number of hydrogen-bond donors (Lipinski definition) is 1. The summed E-state index contributed by atoms with van der Waals surface area (Å²) in [6, 6.07) is 0.629. The molecule has 1 N–H and O–H groups in total. The highest BCUT2D eigenvalue weighted by Gasteiger charge is 2.34. The smallest absolute Gasteiger partial charge is 0.0813 e. The van der Waals surface area contributed by atoms with Gasteiger partial charge in [0.15, 0.2) is 0 Å².